The third-order valence-electron chi connectivity index (χ3n) is 5.42. The minimum absolute atomic E-state index is 0.0485. The normalized spacial score (nSPS) is 21.3. The molecule has 1 heterocycles. The summed E-state index contributed by atoms with van der Waals surface area (Å²) in [6.07, 6.45) is -1.96. The Hall–Kier alpha value is -2.58. The molecule has 2 aliphatic rings. The Morgan fingerprint density at radius 1 is 1.14 bits per heavy atom. The van der Waals surface area contributed by atoms with Crippen LogP contribution in [0.3, 0.4) is 0 Å². The summed E-state index contributed by atoms with van der Waals surface area (Å²) in [6, 6.07) is 4.36. The van der Waals surface area contributed by atoms with Crippen molar-refractivity contribution in [2.75, 3.05) is 0 Å². The van der Waals surface area contributed by atoms with Crippen LogP contribution in [0.2, 0.25) is 0 Å². The molecule has 9 heteroatoms. The van der Waals surface area contributed by atoms with Gasteiger partial charge in [0, 0.05) is 0 Å². The monoisotopic (exact) mass is 412 g/mol. The van der Waals surface area contributed by atoms with Crippen molar-refractivity contribution in [2.24, 2.45) is 5.92 Å². The van der Waals surface area contributed by atoms with Gasteiger partial charge in [0.05, 0.1) is 6.42 Å². The molecule has 2 fully saturated rings. The molecule has 0 bridgehead atoms. The summed E-state index contributed by atoms with van der Waals surface area (Å²) >= 11 is 0. The highest BCUT2D eigenvalue weighted by molar-refractivity contribution is 6.06. The first-order valence-electron chi connectivity index (χ1n) is 9.67. The predicted molar refractivity (Wildman–Crippen MR) is 96.4 cm³/mol. The number of halogens is 3. The number of esters is 1. The van der Waals surface area contributed by atoms with Gasteiger partial charge in [-0.25, -0.2) is 14.5 Å². The summed E-state index contributed by atoms with van der Waals surface area (Å²) in [6.45, 7) is -0.0485. The van der Waals surface area contributed by atoms with E-state index in [0.29, 0.717) is 30.6 Å². The van der Waals surface area contributed by atoms with Crippen LogP contribution < -0.4 is 5.32 Å². The highest BCUT2D eigenvalue weighted by Crippen LogP contribution is 2.35. The number of nitrogens with one attached hydrogen (secondary N) is 1. The summed E-state index contributed by atoms with van der Waals surface area (Å²) in [5, 5.41) is 1.95. The molecule has 1 aliphatic carbocycles. The summed E-state index contributed by atoms with van der Waals surface area (Å²) in [5.74, 6) is -2.24. The molecule has 3 rings (SSSR count). The Bertz CT molecular complexity index is 748. The lowest BCUT2D eigenvalue weighted by Crippen LogP contribution is -2.65. The molecule has 6 nitrogen and oxygen atoms in total. The molecule has 2 atom stereocenters. The van der Waals surface area contributed by atoms with Crippen molar-refractivity contribution in [3.8, 4) is 0 Å². The van der Waals surface area contributed by atoms with Crippen LogP contribution in [-0.4, -0.2) is 41.1 Å². The maximum atomic E-state index is 13.5. The van der Waals surface area contributed by atoms with Crippen molar-refractivity contribution in [3.05, 3.63) is 35.9 Å². The number of carbonyl (C=O) groups excluding carboxylic acids is 3. The maximum absolute atomic E-state index is 13.5. The smallest absolute Gasteiger partial charge is 0.408 e. The summed E-state index contributed by atoms with van der Waals surface area (Å²) in [4.78, 5) is 37.0. The quantitative estimate of drug-likeness (QED) is 0.593. The van der Waals surface area contributed by atoms with E-state index < -0.39 is 42.1 Å². The van der Waals surface area contributed by atoms with E-state index in [1.165, 1.54) is 0 Å². The molecule has 3 amide bonds. The Kier molecular flexibility index (Phi) is 6.44. The predicted octanol–water partition coefficient (Wildman–Crippen LogP) is 3.55. The fourth-order valence-corrected chi connectivity index (χ4v) is 3.82. The largest absolute Gasteiger partial charge is 0.459 e. The van der Waals surface area contributed by atoms with Crippen LogP contribution in [0.25, 0.3) is 0 Å². The molecule has 1 aromatic carbocycles. The standard InChI is InChI=1S/C20H23F3N2O4/c21-20(22,23)17(14-9-5-2-6-10-14)24-19(28)25-15(11-16(25)26)18(27)29-12-13-7-3-1-4-8-13/h1,3-4,7-8,14-15,17H,2,5-6,9-12H2,(H,24,28). The van der Waals surface area contributed by atoms with Gasteiger partial charge in [0.15, 0.2) is 0 Å². The number of β-lactam (4-membered cyclic amide) rings is 1. The summed E-state index contributed by atoms with van der Waals surface area (Å²) in [5.41, 5.74) is 0.719. The molecular weight excluding hydrogens is 389 g/mol. The van der Waals surface area contributed by atoms with Crippen LogP contribution in [-0.2, 0) is 20.9 Å². The van der Waals surface area contributed by atoms with Gasteiger partial charge in [-0.15, -0.1) is 0 Å². The zero-order chi connectivity index (χ0) is 21.0. The fraction of sp³-hybridized carbons (Fsp3) is 0.550. The van der Waals surface area contributed by atoms with Gasteiger partial charge in [0.2, 0.25) is 5.91 Å². The highest BCUT2D eigenvalue weighted by atomic mass is 19.4. The van der Waals surface area contributed by atoms with Crippen molar-refractivity contribution in [1.29, 1.82) is 0 Å². The van der Waals surface area contributed by atoms with Gasteiger partial charge in [0.25, 0.3) is 0 Å². The number of hydrogen-bond acceptors (Lipinski definition) is 4. The fourth-order valence-electron chi connectivity index (χ4n) is 3.82. The lowest BCUT2D eigenvalue weighted by Gasteiger charge is -2.39. The molecular formula is C20H23F3N2O4. The highest BCUT2D eigenvalue weighted by Gasteiger charge is 2.51. The van der Waals surface area contributed by atoms with Crippen LogP contribution in [0, 0.1) is 5.92 Å². The number of benzene rings is 1. The Morgan fingerprint density at radius 3 is 2.38 bits per heavy atom. The topological polar surface area (TPSA) is 75.7 Å². The van der Waals surface area contributed by atoms with Gasteiger partial charge in [0.1, 0.15) is 18.7 Å². The van der Waals surface area contributed by atoms with Gasteiger partial charge >= 0.3 is 18.2 Å². The number of alkyl halides is 3. The first-order valence-corrected chi connectivity index (χ1v) is 9.67. The van der Waals surface area contributed by atoms with Crippen LogP contribution in [0.4, 0.5) is 18.0 Å². The number of carbonyl (C=O) groups is 3. The van der Waals surface area contributed by atoms with Crippen LogP contribution >= 0.6 is 0 Å². The third kappa shape index (κ3) is 5.07. The average molecular weight is 412 g/mol. The molecule has 1 saturated carbocycles. The lowest BCUT2D eigenvalue weighted by atomic mass is 9.83. The number of hydrogen-bond donors (Lipinski definition) is 1. The van der Waals surface area contributed by atoms with Crippen LogP contribution in [0.5, 0.6) is 0 Å². The number of amides is 3. The van der Waals surface area contributed by atoms with Gasteiger partial charge in [-0.3, -0.25) is 4.79 Å². The van der Waals surface area contributed by atoms with Crippen molar-refractivity contribution in [3.63, 3.8) is 0 Å². The molecule has 0 spiro atoms. The zero-order valence-corrected chi connectivity index (χ0v) is 15.8. The number of nitrogens with zero attached hydrogens (tertiary/aromatic N) is 1. The second kappa shape index (κ2) is 8.84. The first-order chi connectivity index (χ1) is 13.8. The molecule has 0 radical (unpaired) electrons. The number of ether oxygens (including phenoxy) is 1. The molecule has 2 unspecified atom stereocenters. The van der Waals surface area contributed by atoms with E-state index in [1.54, 1.807) is 30.3 Å². The lowest BCUT2D eigenvalue weighted by molar-refractivity contribution is -0.171. The Labute approximate surface area is 166 Å². The molecule has 1 N–H and O–H groups in total. The minimum atomic E-state index is -4.63. The first kappa shape index (κ1) is 21.1. The zero-order valence-electron chi connectivity index (χ0n) is 15.8. The van der Waals surface area contributed by atoms with Crippen molar-refractivity contribution in [2.45, 2.75) is 63.4 Å². The second-order valence-electron chi connectivity index (χ2n) is 7.44. The van der Waals surface area contributed by atoms with Crippen molar-refractivity contribution >= 4 is 17.9 Å². The third-order valence-corrected chi connectivity index (χ3v) is 5.42. The van der Waals surface area contributed by atoms with E-state index in [1.807, 2.05) is 5.32 Å². The number of likely N-dealkylation sites (tertiary alicyclic amines) is 1. The molecule has 1 aromatic rings. The number of rotatable bonds is 5. The van der Waals surface area contributed by atoms with Crippen molar-refractivity contribution < 1.29 is 32.3 Å². The van der Waals surface area contributed by atoms with E-state index in [9.17, 15) is 27.6 Å². The maximum Gasteiger partial charge on any atom is 0.408 e. The molecule has 0 aromatic heterocycles. The molecule has 158 valence electrons. The number of imide groups is 1. The van der Waals surface area contributed by atoms with E-state index in [0.717, 1.165) is 12.0 Å². The molecule has 1 saturated heterocycles. The Balaban J connectivity index is 1.61. The van der Waals surface area contributed by atoms with E-state index in [2.05, 4.69) is 0 Å². The van der Waals surface area contributed by atoms with Crippen LogP contribution in [0.1, 0.15) is 44.1 Å². The van der Waals surface area contributed by atoms with Gasteiger partial charge < -0.3 is 10.1 Å². The van der Waals surface area contributed by atoms with E-state index >= 15 is 0 Å². The van der Waals surface area contributed by atoms with E-state index in [-0.39, 0.29) is 13.0 Å². The Morgan fingerprint density at radius 2 is 1.79 bits per heavy atom. The SMILES string of the molecule is O=C(OCc1ccccc1)C1CC(=O)N1C(=O)NC(C1CCCCC1)C(F)(F)F. The average Bonchev–Trinajstić information content (AvgIpc) is 2.69. The van der Waals surface area contributed by atoms with Crippen molar-refractivity contribution in [1.82, 2.24) is 10.2 Å². The summed E-state index contributed by atoms with van der Waals surface area (Å²) in [7, 11) is 0. The number of urea groups is 1. The van der Waals surface area contributed by atoms with E-state index in [4.69, 9.17) is 4.74 Å². The summed E-state index contributed by atoms with van der Waals surface area (Å²) < 4.78 is 45.6. The van der Waals surface area contributed by atoms with Gasteiger partial charge in [-0.2, -0.15) is 13.2 Å². The molecule has 29 heavy (non-hydrogen) atoms. The van der Waals surface area contributed by atoms with Gasteiger partial charge in [-0.05, 0) is 24.3 Å². The molecule has 1 aliphatic heterocycles. The minimum Gasteiger partial charge on any atom is -0.459 e. The second-order valence-corrected chi connectivity index (χ2v) is 7.44. The van der Waals surface area contributed by atoms with Gasteiger partial charge in [-0.1, -0.05) is 49.6 Å². The van der Waals surface area contributed by atoms with Crippen LogP contribution in [0.15, 0.2) is 30.3 Å².